The maximum atomic E-state index is 12.6. The first-order valence-corrected chi connectivity index (χ1v) is 7.51. The predicted octanol–water partition coefficient (Wildman–Crippen LogP) is 3.19. The van der Waals surface area contributed by atoms with Crippen molar-refractivity contribution in [3.8, 4) is 0 Å². The van der Waals surface area contributed by atoms with Crippen molar-refractivity contribution in [1.82, 2.24) is 19.9 Å². The lowest BCUT2D eigenvalue weighted by molar-refractivity contribution is -0.140. The van der Waals surface area contributed by atoms with E-state index in [4.69, 9.17) is 0 Å². The van der Waals surface area contributed by atoms with E-state index in [1.54, 1.807) is 30.8 Å². The zero-order chi connectivity index (χ0) is 16.3. The molecule has 0 saturated heterocycles. The minimum Gasteiger partial charge on any atom is -0.345 e. The van der Waals surface area contributed by atoms with Gasteiger partial charge in [-0.05, 0) is 13.3 Å². The third-order valence-corrected chi connectivity index (χ3v) is 4.15. The summed E-state index contributed by atoms with van der Waals surface area (Å²) >= 11 is 0.895. The Bertz CT molecular complexity index is 624. The van der Waals surface area contributed by atoms with Gasteiger partial charge in [0.25, 0.3) is 0 Å². The van der Waals surface area contributed by atoms with Gasteiger partial charge >= 0.3 is 6.18 Å². The number of rotatable bonds is 5. The van der Waals surface area contributed by atoms with E-state index in [0.29, 0.717) is 6.42 Å². The normalized spacial score (nSPS) is 14.6. The van der Waals surface area contributed by atoms with Crippen LogP contribution in [0, 0.1) is 0 Å². The number of thiazole rings is 1. The van der Waals surface area contributed by atoms with Gasteiger partial charge in [-0.1, -0.05) is 6.92 Å². The average molecular weight is 332 g/mol. The van der Waals surface area contributed by atoms with Crippen LogP contribution >= 0.6 is 11.3 Å². The molecule has 0 saturated carbocycles. The second-order valence-electron chi connectivity index (χ2n) is 4.72. The molecular weight excluding hydrogens is 317 g/mol. The van der Waals surface area contributed by atoms with Gasteiger partial charge in [-0.25, -0.2) is 9.97 Å². The highest BCUT2D eigenvalue weighted by molar-refractivity contribution is 7.09. The van der Waals surface area contributed by atoms with E-state index in [1.807, 2.05) is 0 Å². The zero-order valence-corrected chi connectivity index (χ0v) is 12.8. The van der Waals surface area contributed by atoms with Gasteiger partial charge in [0.1, 0.15) is 11.0 Å². The molecule has 1 N–H and O–H groups in total. The SMILES string of the molecule is CC[C@H](NC(=O)[C@@H](C)n1ccnc1)c1nc(C(F)(F)F)cs1. The Hall–Kier alpha value is -1.90. The fraction of sp³-hybridized carbons (Fsp3) is 0.462. The summed E-state index contributed by atoms with van der Waals surface area (Å²) in [6.07, 6.45) is 0.693. The first kappa shape index (κ1) is 16.5. The lowest BCUT2D eigenvalue weighted by atomic mass is 10.2. The molecule has 2 atom stereocenters. The molecule has 0 aliphatic rings. The van der Waals surface area contributed by atoms with Crippen LogP contribution in [0.2, 0.25) is 0 Å². The maximum Gasteiger partial charge on any atom is 0.434 e. The van der Waals surface area contributed by atoms with Crippen molar-refractivity contribution >= 4 is 17.2 Å². The second kappa shape index (κ2) is 6.47. The standard InChI is InChI=1S/C13H15F3N4OS/c1-3-9(12-19-10(6-22-12)13(14,15)16)18-11(21)8(2)20-5-4-17-7-20/h4-9H,3H2,1-2H3,(H,18,21)/t8-,9+/m1/s1. The van der Waals surface area contributed by atoms with Gasteiger partial charge in [0.05, 0.1) is 12.4 Å². The number of aromatic nitrogens is 3. The Kier molecular flexibility index (Phi) is 4.84. The van der Waals surface area contributed by atoms with Crippen molar-refractivity contribution < 1.29 is 18.0 Å². The highest BCUT2D eigenvalue weighted by Gasteiger charge is 2.34. The summed E-state index contributed by atoms with van der Waals surface area (Å²) < 4.78 is 39.4. The Morgan fingerprint density at radius 3 is 2.73 bits per heavy atom. The van der Waals surface area contributed by atoms with Crippen molar-refractivity contribution in [3.05, 3.63) is 34.8 Å². The van der Waals surface area contributed by atoms with Crippen molar-refractivity contribution in [2.75, 3.05) is 0 Å². The first-order valence-electron chi connectivity index (χ1n) is 6.63. The molecule has 0 aliphatic heterocycles. The highest BCUT2D eigenvalue weighted by atomic mass is 32.1. The number of amides is 1. The van der Waals surface area contributed by atoms with Gasteiger partial charge in [-0.15, -0.1) is 11.3 Å². The number of carbonyl (C=O) groups excluding carboxylic acids is 1. The van der Waals surface area contributed by atoms with E-state index in [-0.39, 0.29) is 10.9 Å². The van der Waals surface area contributed by atoms with Crippen LogP contribution in [0.25, 0.3) is 0 Å². The Labute approximate surface area is 129 Å². The van der Waals surface area contributed by atoms with Gasteiger partial charge in [0, 0.05) is 17.8 Å². The minimum atomic E-state index is -4.47. The van der Waals surface area contributed by atoms with Crippen LogP contribution in [0.5, 0.6) is 0 Å². The van der Waals surface area contributed by atoms with Crippen LogP contribution in [0.3, 0.4) is 0 Å². The highest BCUT2D eigenvalue weighted by Crippen LogP contribution is 2.32. The summed E-state index contributed by atoms with van der Waals surface area (Å²) in [4.78, 5) is 19.6. The monoisotopic (exact) mass is 332 g/mol. The molecule has 9 heteroatoms. The lowest BCUT2D eigenvalue weighted by Gasteiger charge is -2.18. The van der Waals surface area contributed by atoms with E-state index >= 15 is 0 Å². The summed E-state index contributed by atoms with van der Waals surface area (Å²) in [7, 11) is 0. The molecule has 0 fully saturated rings. The van der Waals surface area contributed by atoms with E-state index in [1.165, 1.54) is 6.33 Å². The summed E-state index contributed by atoms with van der Waals surface area (Å²) in [6.45, 7) is 3.47. The molecule has 0 bridgehead atoms. The third-order valence-electron chi connectivity index (χ3n) is 3.19. The van der Waals surface area contributed by atoms with Crippen molar-refractivity contribution in [2.24, 2.45) is 0 Å². The van der Waals surface area contributed by atoms with E-state index in [0.717, 1.165) is 16.7 Å². The number of hydrogen-bond acceptors (Lipinski definition) is 4. The van der Waals surface area contributed by atoms with E-state index in [2.05, 4.69) is 15.3 Å². The molecule has 0 spiro atoms. The van der Waals surface area contributed by atoms with E-state index in [9.17, 15) is 18.0 Å². The fourth-order valence-electron chi connectivity index (χ4n) is 1.84. The maximum absolute atomic E-state index is 12.6. The summed E-state index contributed by atoms with van der Waals surface area (Å²) in [5.41, 5.74) is -0.928. The first-order chi connectivity index (χ1) is 10.3. The summed E-state index contributed by atoms with van der Waals surface area (Å²) in [5, 5.41) is 3.94. The largest absolute Gasteiger partial charge is 0.434 e. The number of hydrogen-bond donors (Lipinski definition) is 1. The van der Waals surface area contributed by atoms with Gasteiger partial charge in [-0.2, -0.15) is 13.2 Å². The van der Waals surface area contributed by atoms with Gasteiger partial charge in [-0.3, -0.25) is 4.79 Å². The van der Waals surface area contributed by atoms with Crippen LogP contribution in [0.15, 0.2) is 24.1 Å². The molecular formula is C13H15F3N4OS. The average Bonchev–Trinajstić information content (AvgIpc) is 3.13. The van der Waals surface area contributed by atoms with Crippen molar-refractivity contribution in [1.29, 1.82) is 0 Å². The second-order valence-corrected chi connectivity index (χ2v) is 5.61. The van der Waals surface area contributed by atoms with Crippen molar-refractivity contribution in [2.45, 2.75) is 38.5 Å². The van der Waals surface area contributed by atoms with Crippen molar-refractivity contribution in [3.63, 3.8) is 0 Å². The molecule has 0 aromatic carbocycles. The number of alkyl halides is 3. The lowest BCUT2D eigenvalue weighted by Crippen LogP contribution is -2.33. The molecule has 22 heavy (non-hydrogen) atoms. The number of imidazole rings is 1. The molecule has 0 radical (unpaired) electrons. The number of carbonyl (C=O) groups is 1. The van der Waals surface area contributed by atoms with Gasteiger partial charge in [0.15, 0.2) is 5.69 Å². The minimum absolute atomic E-state index is 0.251. The van der Waals surface area contributed by atoms with Crippen LogP contribution < -0.4 is 5.32 Å². The Morgan fingerprint density at radius 2 is 2.23 bits per heavy atom. The molecule has 2 aromatic rings. The van der Waals surface area contributed by atoms with Gasteiger partial charge in [0.2, 0.25) is 5.91 Å². The fourth-order valence-corrected chi connectivity index (χ4v) is 2.80. The number of halogens is 3. The topological polar surface area (TPSA) is 59.8 Å². The Balaban J connectivity index is 2.09. The quantitative estimate of drug-likeness (QED) is 0.915. The van der Waals surface area contributed by atoms with Crippen LogP contribution in [0.1, 0.15) is 43.1 Å². The molecule has 1 amide bonds. The Morgan fingerprint density at radius 1 is 1.50 bits per heavy atom. The number of nitrogens with zero attached hydrogens (tertiary/aromatic N) is 3. The smallest absolute Gasteiger partial charge is 0.345 e. The zero-order valence-electron chi connectivity index (χ0n) is 12.0. The van der Waals surface area contributed by atoms with Crippen LogP contribution in [-0.4, -0.2) is 20.4 Å². The molecule has 120 valence electrons. The molecule has 0 aliphatic carbocycles. The van der Waals surface area contributed by atoms with E-state index < -0.39 is 24.0 Å². The van der Waals surface area contributed by atoms with Crippen LogP contribution in [0.4, 0.5) is 13.2 Å². The molecule has 5 nitrogen and oxygen atoms in total. The molecule has 2 rings (SSSR count). The molecule has 2 aromatic heterocycles. The summed E-state index contributed by atoms with van der Waals surface area (Å²) in [6, 6.07) is -1.04. The molecule has 0 unspecified atom stereocenters. The molecule has 2 heterocycles. The van der Waals surface area contributed by atoms with Gasteiger partial charge < -0.3 is 9.88 Å². The van der Waals surface area contributed by atoms with Crippen LogP contribution in [-0.2, 0) is 11.0 Å². The number of nitrogens with one attached hydrogen (secondary N) is 1. The predicted molar refractivity (Wildman–Crippen MR) is 75.2 cm³/mol. The third kappa shape index (κ3) is 3.65. The summed E-state index contributed by atoms with van der Waals surface area (Å²) in [5.74, 6) is -0.298.